The highest BCUT2D eigenvalue weighted by atomic mass is 32.2. The van der Waals surface area contributed by atoms with Crippen LogP contribution >= 0.6 is 11.8 Å². The van der Waals surface area contributed by atoms with Crippen molar-refractivity contribution in [3.05, 3.63) is 42.5 Å². The number of rotatable bonds is 8. The molecule has 3 aromatic rings. The third-order valence-electron chi connectivity index (χ3n) is 3.74. The molecule has 164 valence electrons. The number of thioether (sulfide) groups is 1. The standard InChI is InChI=1S/C19H16F3N3O5S/c1-27-13-7-8-15(28-2)14(9-13)17-24-25-18(29-17)31-10-16(26)23-11-3-5-12(6-4-11)30-19(20,21)22/h3-9H,10H2,1-2H3,(H,23,26). The highest BCUT2D eigenvalue weighted by Gasteiger charge is 2.31. The zero-order valence-electron chi connectivity index (χ0n) is 16.2. The molecule has 0 saturated heterocycles. The van der Waals surface area contributed by atoms with Crippen LogP contribution < -0.4 is 19.5 Å². The number of alkyl halides is 3. The first-order valence-corrected chi connectivity index (χ1v) is 9.60. The van der Waals surface area contributed by atoms with E-state index in [1.165, 1.54) is 26.4 Å². The van der Waals surface area contributed by atoms with E-state index >= 15 is 0 Å². The molecule has 0 spiro atoms. The van der Waals surface area contributed by atoms with Crippen LogP contribution in [0.1, 0.15) is 0 Å². The average molecular weight is 455 g/mol. The van der Waals surface area contributed by atoms with E-state index in [9.17, 15) is 18.0 Å². The van der Waals surface area contributed by atoms with Gasteiger partial charge in [-0.1, -0.05) is 11.8 Å². The van der Waals surface area contributed by atoms with Crippen LogP contribution in [0, 0.1) is 0 Å². The minimum atomic E-state index is -4.78. The van der Waals surface area contributed by atoms with Gasteiger partial charge in [0.15, 0.2) is 0 Å². The second-order valence-corrected chi connectivity index (χ2v) is 6.77. The number of amides is 1. The molecular formula is C19H16F3N3O5S. The number of aromatic nitrogens is 2. The van der Waals surface area contributed by atoms with Gasteiger partial charge in [-0.2, -0.15) is 0 Å². The first-order valence-electron chi connectivity index (χ1n) is 8.62. The maximum atomic E-state index is 12.2. The summed E-state index contributed by atoms with van der Waals surface area (Å²) >= 11 is 1.000. The molecule has 0 aliphatic carbocycles. The number of benzene rings is 2. The van der Waals surface area contributed by atoms with Gasteiger partial charge in [0.2, 0.25) is 5.91 Å². The Labute approximate surface area is 178 Å². The lowest BCUT2D eigenvalue weighted by Crippen LogP contribution is -2.17. The number of nitrogens with one attached hydrogen (secondary N) is 1. The summed E-state index contributed by atoms with van der Waals surface area (Å²) in [6, 6.07) is 9.89. The van der Waals surface area contributed by atoms with Crippen molar-refractivity contribution >= 4 is 23.4 Å². The molecule has 0 aliphatic rings. The van der Waals surface area contributed by atoms with Crippen LogP contribution in [0.5, 0.6) is 17.2 Å². The van der Waals surface area contributed by atoms with Gasteiger partial charge in [0, 0.05) is 5.69 Å². The van der Waals surface area contributed by atoms with E-state index in [2.05, 4.69) is 20.3 Å². The van der Waals surface area contributed by atoms with Crippen LogP contribution in [0.15, 0.2) is 52.1 Å². The smallest absolute Gasteiger partial charge is 0.497 e. The molecule has 8 nitrogen and oxygen atoms in total. The zero-order valence-corrected chi connectivity index (χ0v) is 17.0. The van der Waals surface area contributed by atoms with Crippen molar-refractivity contribution < 1.29 is 36.6 Å². The average Bonchev–Trinajstić information content (AvgIpc) is 3.21. The lowest BCUT2D eigenvalue weighted by Gasteiger charge is -2.09. The van der Waals surface area contributed by atoms with E-state index in [-0.39, 0.29) is 22.6 Å². The minimum absolute atomic E-state index is 0.0579. The van der Waals surface area contributed by atoms with Crippen molar-refractivity contribution in [2.24, 2.45) is 0 Å². The molecule has 1 heterocycles. The zero-order chi connectivity index (χ0) is 22.4. The number of anilines is 1. The highest BCUT2D eigenvalue weighted by molar-refractivity contribution is 7.99. The quantitative estimate of drug-likeness (QED) is 0.500. The Hall–Kier alpha value is -3.41. The normalized spacial score (nSPS) is 11.1. The number of halogens is 3. The monoisotopic (exact) mass is 455 g/mol. The predicted octanol–water partition coefficient (Wildman–Crippen LogP) is 4.38. The van der Waals surface area contributed by atoms with Crippen molar-refractivity contribution in [1.82, 2.24) is 10.2 Å². The van der Waals surface area contributed by atoms with E-state index in [0.717, 1.165) is 23.9 Å². The van der Waals surface area contributed by atoms with Gasteiger partial charge in [0.25, 0.3) is 11.1 Å². The van der Waals surface area contributed by atoms with E-state index in [0.29, 0.717) is 22.7 Å². The lowest BCUT2D eigenvalue weighted by molar-refractivity contribution is -0.274. The number of carbonyl (C=O) groups is 1. The molecule has 0 unspecified atom stereocenters. The topological polar surface area (TPSA) is 95.7 Å². The summed E-state index contributed by atoms with van der Waals surface area (Å²) < 4.78 is 56.3. The largest absolute Gasteiger partial charge is 0.573 e. The summed E-state index contributed by atoms with van der Waals surface area (Å²) in [6.07, 6.45) is -4.78. The second-order valence-electron chi connectivity index (χ2n) is 5.85. The Bertz CT molecular complexity index is 1040. The minimum Gasteiger partial charge on any atom is -0.497 e. The molecule has 2 aromatic carbocycles. The predicted molar refractivity (Wildman–Crippen MR) is 105 cm³/mol. The van der Waals surface area contributed by atoms with Gasteiger partial charge < -0.3 is 23.9 Å². The fraction of sp³-hybridized carbons (Fsp3) is 0.211. The van der Waals surface area contributed by atoms with Crippen LogP contribution in [0.4, 0.5) is 18.9 Å². The third-order valence-corrected chi connectivity index (χ3v) is 4.56. The lowest BCUT2D eigenvalue weighted by atomic mass is 10.2. The number of nitrogens with zero attached hydrogens (tertiary/aromatic N) is 2. The number of ether oxygens (including phenoxy) is 3. The van der Waals surface area contributed by atoms with Gasteiger partial charge in [-0.15, -0.1) is 23.4 Å². The Morgan fingerprint density at radius 2 is 1.77 bits per heavy atom. The first-order chi connectivity index (χ1) is 14.8. The van der Waals surface area contributed by atoms with Gasteiger partial charge in [-0.05, 0) is 42.5 Å². The van der Waals surface area contributed by atoms with E-state index in [4.69, 9.17) is 13.9 Å². The van der Waals surface area contributed by atoms with Crippen LogP contribution in [-0.4, -0.2) is 42.4 Å². The molecule has 1 N–H and O–H groups in total. The van der Waals surface area contributed by atoms with E-state index in [1.807, 2.05) is 0 Å². The number of methoxy groups -OCH3 is 2. The second kappa shape index (κ2) is 9.60. The highest BCUT2D eigenvalue weighted by Crippen LogP contribution is 2.33. The molecule has 0 atom stereocenters. The molecule has 1 amide bonds. The summed E-state index contributed by atoms with van der Waals surface area (Å²) in [5.41, 5.74) is 0.847. The maximum absolute atomic E-state index is 12.2. The maximum Gasteiger partial charge on any atom is 0.573 e. The Morgan fingerprint density at radius 1 is 1.06 bits per heavy atom. The van der Waals surface area contributed by atoms with Crippen molar-refractivity contribution in [2.75, 3.05) is 25.3 Å². The molecular weight excluding hydrogens is 439 g/mol. The van der Waals surface area contributed by atoms with Gasteiger partial charge >= 0.3 is 6.36 Å². The van der Waals surface area contributed by atoms with Gasteiger partial charge in [-0.3, -0.25) is 4.79 Å². The fourth-order valence-corrected chi connectivity index (χ4v) is 2.99. The third kappa shape index (κ3) is 6.28. The van der Waals surface area contributed by atoms with Gasteiger partial charge in [0.1, 0.15) is 17.2 Å². The first kappa shape index (κ1) is 22.3. The van der Waals surface area contributed by atoms with Gasteiger partial charge in [-0.25, -0.2) is 0 Å². The Kier molecular flexibility index (Phi) is 6.90. The summed E-state index contributed by atoms with van der Waals surface area (Å²) in [4.78, 5) is 12.1. The summed E-state index contributed by atoms with van der Waals surface area (Å²) in [5, 5.41) is 10.6. The van der Waals surface area contributed by atoms with Crippen LogP contribution in [0.2, 0.25) is 0 Å². The molecule has 0 saturated carbocycles. The van der Waals surface area contributed by atoms with E-state index < -0.39 is 12.3 Å². The number of hydrogen-bond donors (Lipinski definition) is 1. The van der Waals surface area contributed by atoms with Crippen LogP contribution in [0.25, 0.3) is 11.5 Å². The van der Waals surface area contributed by atoms with Crippen molar-refractivity contribution in [3.63, 3.8) is 0 Å². The van der Waals surface area contributed by atoms with Crippen LogP contribution in [0.3, 0.4) is 0 Å². The fourth-order valence-electron chi connectivity index (χ4n) is 2.42. The van der Waals surface area contributed by atoms with Crippen molar-refractivity contribution in [2.45, 2.75) is 11.6 Å². The SMILES string of the molecule is COc1ccc(OC)c(-c2nnc(SCC(=O)Nc3ccc(OC(F)(F)F)cc3)o2)c1. The molecule has 0 bridgehead atoms. The number of hydrogen-bond acceptors (Lipinski definition) is 8. The molecule has 0 aliphatic heterocycles. The Balaban J connectivity index is 1.58. The van der Waals surface area contributed by atoms with Crippen LogP contribution in [-0.2, 0) is 4.79 Å². The van der Waals surface area contributed by atoms with Gasteiger partial charge in [0.05, 0.1) is 25.5 Å². The molecule has 31 heavy (non-hydrogen) atoms. The number of carbonyl (C=O) groups excluding carboxylic acids is 1. The van der Waals surface area contributed by atoms with Crippen molar-refractivity contribution in [3.8, 4) is 28.7 Å². The van der Waals surface area contributed by atoms with Crippen molar-refractivity contribution in [1.29, 1.82) is 0 Å². The molecule has 0 radical (unpaired) electrons. The summed E-state index contributed by atoms with van der Waals surface area (Å²) in [7, 11) is 3.03. The molecule has 3 rings (SSSR count). The summed E-state index contributed by atoms with van der Waals surface area (Å²) in [6.45, 7) is 0. The van der Waals surface area contributed by atoms with E-state index in [1.54, 1.807) is 18.2 Å². The molecule has 0 fully saturated rings. The molecule has 1 aromatic heterocycles. The Morgan fingerprint density at radius 3 is 2.42 bits per heavy atom. The molecule has 12 heteroatoms. The summed E-state index contributed by atoms with van der Waals surface area (Å²) in [5.74, 6) is 0.432.